The molecule has 6 heteroatoms. The highest BCUT2D eigenvalue weighted by atomic mass is 16.5. The third-order valence-corrected chi connectivity index (χ3v) is 3.51. The van der Waals surface area contributed by atoms with Crippen molar-refractivity contribution in [1.82, 2.24) is 0 Å². The molecule has 0 atom stereocenters. The van der Waals surface area contributed by atoms with Crippen LogP contribution in [-0.2, 0) is 0 Å². The number of methoxy groups -OCH3 is 2. The summed E-state index contributed by atoms with van der Waals surface area (Å²) < 4.78 is 15.3. The standard InChI is InChI=1S/C12H14O3.C9H10O3/c1-4-7-15-11-6-5-10(9(2)13)8-12(11)14-3;1-6(10)7-3-4-8(11)9(5-7)12-2/h4-6,8H,1,7H2,2-3H3;3-5,11H,1-2H3. The average molecular weight is 372 g/mol. The highest BCUT2D eigenvalue weighted by Crippen LogP contribution is 2.28. The highest BCUT2D eigenvalue weighted by Gasteiger charge is 2.07. The monoisotopic (exact) mass is 372 g/mol. The number of phenols is 1. The fraction of sp³-hybridized carbons (Fsp3) is 0.238. The van der Waals surface area contributed by atoms with Crippen LogP contribution in [0.2, 0.25) is 0 Å². The molecule has 0 saturated carbocycles. The Morgan fingerprint density at radius 2 is 1.44 bits per heavy atom. The molecule has 0 spiro atoms. The van der Waals surface area contributed by atoms with Gasteiger partial charge in [0, 0.05) is 11.1 Å². The molecule has 2 aromatic carbocycles. The van der Waals surface area contributed by atoms with Crippen LogP contribution >= 0.6 is 0 Å². The van der Waals surface area contributed by atoms with Gasteiger partial charge in [-0.3, -0.25) is 9.59 Å². The van der Waals surface area contributed by atoms with E-state index in [9.17, 15) is 14.7 Å². The quantitative estimate of drug-likeness (QED) is 0.583. The summed E-state index contributed by atoms with van der Waals surface area (Å²) >= 11 is 0. The third-order valence-electron chi connectivity index (χ3n) is 3.51. The van der Waals surface area contributed by atoms with E-state index in [0.717, 1.165) is 0 Å². The van der Waals surface area contributed by atoms with Gasteiger partial charge in [-0.05, 0) is 50.2 Å². The Balaban J connectivity index is 0.000000277. The summed E-state index contributed by atoms with van der Waals surface area (Å²) in [6.45, 7) is 6.95. The zero-order valence-corrected chi connectivity index (χ0v) is 15.9. The second kappa shape index (κ2) is 10.7. The largest absolute Gasteiger partial charge is 0.504 e. The van der Waals surface area contributed by atoms with Gasteiger partial charge in [0.05, 0.1) is 14.2 Å². The van der Waals surface area contributed by atoms with Gasteiger partial charge < -0.3 is 19.3 Å². The van der Waals surface area contributed by atoms with Crippen molar-refractivity contribution in [1.29, 1.82) is 0 Å². The zero-order chi connectivity index (χ0) is 20.4. The first-order valence-corrected chi connectivity index (χ1v) is 8.14. The Labute approximate surface area is 159 Å². The summed E-state index contributed by atoms with van der Waals surface area (Å²) in [5.41, 5.74) is 1.14. The molecule has 27 heavy (non-hydrogen) atoms. The first-order valence-electron chi connectivity index (χ1n) is 8.14. The lowest BCUT2D eigenvalue weighted by molar-refractivity contribution is 0.100. The number of hydrogen-bond donors (Lipinski definition) is 1. The van der Waals surface area contributed by atoms with Gasteiger partial charge in [0.1, 0.15) is 6.61 Å². The molecule has 0 unspecified atom stereocenters. The molecular weight excluding hydrogens is 348 g/mol. The maximum Gasteiger partial charge on any atom is 0.161 e. The van der Waals surface area contributed by atoms with Crippen molar-refractivity contribution < 1.29 is 28.9 Å². The molecule has 0 fully saturated rings. The Morgan fingerprint density at radius 3 is 1.93 bits per heavy atom. The molecule has 0 bridgehead atoms. The van der Waals surface area contributed by atoms with E-state index in [2.05, 4.69) is 6.58 Å². The van der Waals surface area contributed by atoms with Crippen molar-refractivity contribution in [3.63, 3.8) is 0 Å². The lowest BCUT2D eigenvalue weighted by atomic mass is 10.1. The normalized spacial score (nSPS) is 9.48. The number of carbonyl (C=O) groups is 2. The van der Waals surface area contributed by atoms with Gasteiger partial charge in [-0.1, -0.05) is 12.7 Å². The Kier molecular flexibility index (Phi) is 8.59. The Morgan fingerprint density at radius 1 is 0.926 bits per heavy atom. The minimum Gasteiger partial charge on any atom is -0.504 e. The maximum atomic E-state index is 11.1. The Bertz CT molecular complexity index is 810. The van der Waals surface area contributed by atoms with Crippen molar-refractivity contribution in [2.45, 2.75) is 13.8 Å². The highest BCUT2D eigenvalue weighted by molar-refractivity contribution is 5.95. The summed E-state index contributed by atoms with van der Waals surface area (Å²) in [6.07, 6.45) is 1.65. The summed E-state index contributed by atoms with van der Waals surface area (Å²) in [5, 5.41) is 9.18. The molecule has 0 aliphatic rings. The summed E-state index contributed by atoms with van der Waals surface area (Å²) in [6, 6.07) is 9.61. The van der Waals surface area contributed by atoms with Gasteiger partial charge in [-0.15, -0.1) is 0 Å². The molecule has 0 amide bonds. The average Bonchev–Trinajstić information content (AvgIpc) is 2.66. The van der Waals surface area contributed by atoms with Crippen molar-refractivity contribution in [3.05, 3.63) is 60.2 Å². The summed E-state index contributed by atoms with van der Waals surface area (Å²) in [7, 11) is 2.99. The van der Waals surface area contributed by atoms with Gasteiger partial charge in [-0.2, -0.15) is 0 Å². The number of ketones is 2. The number of rotatable bonds is 7. The molecule has 0 saturated heterocycles. The minimum absolute atomic E-state index is 0.00331. The van der Waals surface area contributed by atoms with Crippen LogP contribution in [0.5, 0.6) is 23.0 Å². The SMILES string of the molecule is C=CCOc1ccc(C(C)=O)cc1OC.COc1cc(C(C)=O)ccc1O. The third kappa shape index (κ3) is 6.51. The molecule has 0 aliphatic heterocycles. The van der Waals surface area contributed by atoms with E-state index >= 15 is 0 Å². The second-order valence-corrected chi connectivity index (χ2v) is 5.46. The van der Waals surface area contributed by atoms with E-state index in [1.165, 1.54) is 33.1 Å². The van der Waals surface area contributed by atoms with Crippen molar-refractivity contribution in [2.24, 2.45) is 0 Å². The molecule has 0 aromatic heterocycles. The molecule has 1 N–H and O–H groups in total. The topological polar surface area (TPSA) is 82.1 Å². The first-order chi connectivity index (χ1) is 12.8. The summed E-state index contributed by atoms with van der Waals surface area (Å²) in [4.78, 5) is 22.0. The zero-order valence-electron chi connectivity index (χ0n) is 15.9. The molecular formula is C21H24O6. The minimum atomic E-state index is -0.0479. The van der Waals surface area contributed by atoms with Gasteiger partial charge in [0.25, 0.3) is 0 Å². The van der Waals surface area contributed by atoms with Gasteiger partial charge >= 0.3 is 0 Å². The van der Waals surface area contributed by atoms with Crippen LogP contribution in [0, 0.1) is 0 Å². The molecule has 6 nitrogen and oxygen atoms in total. The van der Waals surface area contributed by atoms with Gasteiger partial charge in [-0.25, -0.2) is 0 Å². The number of phenolic OH excluding ortho intramolecular Hbond substituents is 1. The molecule has 144 valence electrons. The smallest absolute Gasteiger partial charge is 0.161 e. The van der Waals surface area contributed by atoms with Crippen molar-refractivity contribution >= 4 is 11.6 Å². The fourth-order valence-corrected chi connectivity index (χ4v) is 2.05. The lowest BCUT2D eigenvalue weighted by Gasteiger charge is -2.09. The van der Waals surface area contributed by atoms with Crippen LogP contribution in [0.3, 0.4) is 0 Å². The second-order valence-electron chi connectivity index (χ2n) is 5.46. The molecule has 0 aliphatic carbocycles. The van der Waals surface area contributed by atoms with Gasteiger partial charge in [0.15, 0.2) is 34.6 Å². The van der Waals surface area contributed by atoms with E-state index in [-0.39, 0.29) is 17.3 Å². The van der Waals surface area contributed by atoms with E-state index in [1.807, 2.05) is 0 Å². The Hall–Kier alpha value is -3.28. The number of ether oxygens (including phenoxy) is 3. The van der Waals surface area contributed by atoms with E-state index in [1.54, 1.807) is 37.5 Å². The van der Waals surface area contributed by atoms with E-state index < -0.39 is 0 Å². The number of benzene rings is 2. The van der Waals surface area contributed by atoms with Crippen LogP contribution < -0.4 is 14.2 Å². The molecule has 2 aromatic rings. The van der Waals surface area contributed by atoms with Gasteiger partial charge in [0.2, 0.25) is 0 Å². The van der Waals surface area contributed by atoms with Crippen LogP contribution in [0.4, 0.5) is 0 Å². The lowest BCUT2D eigenvalue weighted by Crippen LogP contribution is -1.98. The van der Waals surface area contributed by atoms with Crippen molar-refractivity contribution in [3.8, 4) is 23.0 Å². The van der Waals surface area contributed by atoms with Crippen LogP contribution in [0.15, 0.2) is 49.1 Å². The summed E-state index contributed by atoms with van der Waals surface area (Å²) in [5.74, 6) is 1.49. The van der Waals surface area contributed by atoms with Crippen molar-refractivity contribution in [2.75, 3.05) is 20.8 Å². The van der Waals surface area contributed by atoms with Crippen LogP contribution in [0.25, 0.3) is 0 Å². The predicted octanol–water partition coefficient (Wildman–Crippen LogP) is 4.07. The number of hydrogen-bond acceptors (Lipinski definition) is 6. The van der Waals surface area contributed by atoms with E-state index in [0.29, 0.717) is 35.0 Å². The predicted molar refractivity (Wildman–Crippen MR) is 103 cm³/mol. The number of carbonyl (C=O) groups excluding carboxylic acids is 2. The molecule has 0 radical (unpaired) electrons. The fourth-order valence-electron chi connectivity index (χ4n) is 2.05. The van der Waals surface area contributed by atoms with Crippen LogP contribution in [0.1, 0.15) is 34.6 Å². The van der Waals surface area contributed by atoms with Crippen LogP contribution in [-0.4, -0.2) is 37.5 Å². The van der Waals surface area contributed by atoms with E-state index in [4.69, 9.17) is 14.2 Å². The molecule has 0 heterocycles. The first kappa shape index (κ1) is 21.8. The number of Topliss-reactive ketones (excluding diaryl/α,β-unsaturated/α-hetero) is 2. The number of aromatic hydroxyl groups is 1. The molecule has 2 rings (SSSR count). The maximum absolute atomic E-state index is 11.1.